The predicted octanol–water partition coefficient (Wildman–Crippen LogP) is 1.72. The molecule has 5 heteroatoms. The molecule has 102 valence electrons. The van der Waals surface area contributed by atoms with Crippen LogP contribution in [0.5, 0.6) is 0 Å². The fraction of sp³-hybridized carbons (Fsp3) is 0.846. The Morgan fingerprint density at radius 1 is 1.28 bits per heavy atom. The van der Waals surface area contributed by atoms with Gasteiger partial charge in [0.05, 0.1) is 5.54 Å². The Morgan fingerprint density at radius 2 is 1.89 bits per heavy atom. The van der Waals surface area contributed by atoms with Crippen LogP contribution in [0.1, 0.15) is 51.9 Å². The zero-order valence-corrected chi connectivity index (χ0v) is 11.1. The molecular weight excluding hydrogens is 228 g/mol. The van der Waals surface area contributed by atoms with E-state index in [4.69, 9.17) is 11.1 Å². The Labute approximate surface area is 108 Å². The summed E-state index contributed by atoms with van der Waals surface area (Å²) < 4.78 is 0. The zero-order valence-electron chi connectivity index (χ0n) is 11.1. The summed E-state index contributed by atoms with van der Waals surface area (Å²) in [5.41, 5.74) is 5.10. The van der Waals surface area contributed by atoms with Crippen LogP contribution in [0.3, 0.4) is 0 Å². The van der Waals surface area contributed by atoms with Gasteiger partial charge in [0, 0.05) is 6.04 Å². The summed E-state index contributed by atoms with van der Waals surface area (Å²) >= 11 is 0. The molecule has 5 N–H and O–H groups in total. The number of nitrogens with one attached hydrogen (secondary N) is 3. The molecule has 2 fully saturated rings. The number of rotatable bonds is 3. The molecule has 0 radical (unpaired) electrons. The Balaban J connectivity index is 1.92. The molecule has 0 aromatic rings. The summed E-state index contributed by atoms with van der Waals surface area (Å²) in [5, 5.41) is 13.7. The number of amides is 2. The summed E-state index contributed by atoms with van der Waals surface area (Å²) in [4.78, 5) is 11.9. The van der Waals surface area contributed by atoms with Gasteiger partial charge in [-0.15, -0.1) is 0 Å². The molecule has 2 saturated carbocycles. The highest BCUT2D eigenvalue weighted by Gasteiger charge is 2.39. The van der Waals surface area contributed by atoms with Crippen LogP contribution in [0, 0.1) is 11.3 Å². The molecule has 0 bridgehead atoms. The number of carbonyl (C=O) groups is 1. The molecule has 0 aromatic carbocycles. The van der Waals surface area contributed by atoms with Gasteiger partial charge in [0.1, 0.15) is 5.84 Å². The molecule has 2 rings (SSSR count). The van der Waals surface area contributed by atoms with Crippen LogP contribution < -0.4 is 16.4 Å². The molecule has 0 heterocycles. The standard InChI is InChI=1S/C13H24N4O/c1-9-5-7-13(8-6-9,11(14)15)17-12(18)16-10-3-2-4-10/h9-10H,2-8H2,1H3,(H3,14,15)(H2,16,17,18). The van der Waals surface area contributed by atoms with Crippen LogP contribution in [0.2, 0.25) is 0 Å². The Hall–Kier alpha value is -1.26. The van der Waals surface area contributed by atoms with Gasteiger partial charge in [-0.25, -0.2) is 4.79 Å². The fourth-order valence-corrected chi connectivity index (χ4v) is 2.71. The Morgan fingerprint density at radius 3 is 2.33 bits per heavy atom. The van der Waals surface area contributed by atoms with Crippen LogP contribution in [0.4, 0.5) is 4.79 Å². The van der Waals surface area contributed by atoms with Crippen LogP contribution in [-0.2, 0) is 0 Å². The van der Waals surface area contributed by atoms with Gasteiger partial charge < -0.3 is 16.4 Å². The minimum atomic E-state index is -0.611. The van der Waals surface area contributed by atoms with Crippen molar-refractivity contribution in [3.63, 3.8) is 0 Å². The predicted molar refractivity (Wildman–Crippen MR) is 71.6 cm³/mol. The van der Waals surface area contributed by atoms with E-state index in [0.717, 1.165) is 38.5 Å². The van der Waals surface area contributed by atoms with Crippen molar-refractivity contribution in [2.45, 2.75) is 63.5 Å². The second kappa shape index (κ2) is 5.16. The average Bonchev–Trinajstić information content (AvgIpc) is 2.27. The number of hydrogen-bond donors (Lipinski definition) is 4. The fourth-order valence-electron chi connectivity index (χ4n) is 2.71. The summed E-state index contributed by atoms with van der Waals surface area (Å²) in [5.74, 6) is 0.757. The molecule has 0 saturated heterocycles. The Bertz CT molecular complexity index is 330. The minimum Gasteiger partial charge on any atom is -0.386 e. The van der Waals surface area contributed by atoms with Crippen molar-refractivity contribution in [2.75, 3.05) is 0 Å². The van der Waals surface area contributed by atoms with Crippen molar-refractivity contribution in [1.82, 2.24) is 10.6 Å². The first-order valence-corrected chi connectivity index (χ1v) is 6.95. The monoisotopic (exact) mass is 252 g/mol. The number of urea groups is 1. The SMILES string of the molecule is CC1CCC(NC(=O)NC2CCC2)(C(=N)N)CC1. The van der Waals surface area contributed by atoms with E-state index in [9.17, 15) is 4.79 Å². The highest BCUT2D eigenvalue weighted by atomic mass is 16.2. The van der Waals surface area contributed by atoms with Crippen LogP contribution >= 0.6 is 0 Å². The number of carbonyl (C=O) groups excluding carboxylic acids is 1. The summed E-state index contributed by atoms with van der Waals surface area (Å²) in [6.45, 7) is 2.21. The topological polar surface area (TPSA) is 91.0 Å². The molecule has 2 aliphatic carbocycles. The third kappa shape index (κ3) is 2.76. The highest BCUT2D eigenvalue weighted by molar-refractivity contribution is 5.92. The molecule has 0 unspecified atom stereocenters. The van der Waals surface area contributed by atoms with E-state index in [1.807, 2.05) is 0 Å². The quantitative estimate of drug-likeness (QED) is 0.455. The average molecular weight is 252 g/mol. The lowest BCUT2D eigenvalue weighted by Crippen LogP contribution is -2.62. The van der Waals surface area contributed by atoms with Crippen LogP contribution in [-0.4, -0.2) is 23.4 Å². The molecule has 0 aromatic heterocycles. The summed E-state index contributed by atoms with van der Waals surface area (Å²) in [7, 11) is 0. The molecular formula is C13H24N4O. The van der Waals surface area contributed by atoms with Crippen molar-refractivity contribution in [2.24, 2.45) is 11.7 Å². The van der Waals surface area contributed by atoms with Crippen molar-refractivity contribution in [3.8, 4) is 0 Å². The van der Waals surface area contributed by atoms with E-state index >= 15 is 0 Å². The maximum atomic E-state index is 11.9. The minimum absolute atomic E-state index is 0.0955. The third-order valence-electron chi connectivity index (χ3n) is 4.44. The van der Waals surface area contributed by atoms with Gasteiger partial charge in [0.2, 0.25) is 0 Å². The van der Waals surface area contributed by atoms with E-state index in [1.165, 1.54) is 6.42 Å². The number of nitrogens with two attached hydrogens (primary N) is 1. The van der Waals surface area contributed by atoms with Gasteiger partial charge in [0.15, 0.2) is 0 Å². The first-order chi connectivity index (χ1) is 8.52. The van der Waals surface area contributed by atoms with E-state index < -0.39 is 5.54 Å². The van der Waals surface area contributed by atoms with E-state index in [1.54, 1.807) is 0 Å². The van der Waals surface area contributed by atoms with Crippen molar-refractivity contribution in [3.05, 3.63) is 0 Å². The van der Waals surface area contributed by atoms with Crippen molar-refractivity contribution < 1.29 is 4.79 Å². The third-order valence-corrected chi connectivity index (χ3v) is 4.44. The van der Waals surface area contributed by atoms with Gasteiger partial charge in [-0.2, -0.15) is 0 Å². The van der Waals surface area contributed by atoms with Gasteiger partial charge in [-0.05, 0) is 50.9 Å². The number of hydrogen-bond acceptors (Lipinski definition) is 2. The molecule has 0 atom stereocenters. The van der Waals surface area contributed by atoms with Crippen molar-refractivity contribution in [1.29, 1.82) is 5.41 Å². The van der Waals surface area contributed by atoms with Gasteiger partial charge in [-0.1, -0.05) is 6.92 Å². The maximum absolute atomic E-state index is 11.9. The van der Waals surface area contributed by atoms with Crippen molar-refractivity contribution >= 4 is 11.9 Å². The number of amidine groups is 1. The molecule has 0 spiro atoms. The smallest absolute Gasteiger partial charge is 0.315 e. The molecule has 2 aliphatic rings. The second-order valence-corrected chi connectivity index (χ2v) is 5.90. The molecule has 5 nitrogen and oxygen atoms in total. The van der Waals surface area contributed by atoms with Crippen LogP contribution in [0.25, 0.3) is 0 Å². The summed E-state index contributed by atoms with van der Waals surface area (Å²) in [6.07, 6.45) is 6.92. The molecule has 0 aliphatic heterocycles. The maximum Gasteiger partial charge on any atom is 0.315 e. The molecule has 18 heavy (non-hydrogen) atoms. The highest BCUT2D eigenvalue weighted by Crippen LogP contribution is 2.32. The molecule has 2 amide bonds. The lowest BCUT2D eigenvalue weighted by molar-refractivity contribution is 0.205. The van der Waals surface area contributed by atoms with E-state index in [-0.39, 0.29) is 11.9 Å². The first-order valence-electron chi connectivity index (χ1n) is 6.95. The first kappa shape index (κ1) is 13.2. The van der Waals surface area contributed by atoms with E-state index in [0.29, 0.717) is 12.0 Å². The largest absolute Gasteiger partial charge is 0.386 e. The zero-order chi connectivity index (χ0) is 13.2. The lowest BCUT2D eigenvalue weighted by Gasteiger charge is -2.39. The Kier molecular flexibility index (Phi) is 3.78. The lowest BCUT2D eigenvalue weighted by atomic mass is 9.76. The van der Waals surface area contributed by atoms with Crippen LogP contribution in [0.15, 0.2) is 0 Å². The van der Waals surface area contributed by atoms with E-state index in [2.05, 4.69) is 17.6 Å². The van der Waals surface area contributed by atoms with Gasteiger partial charge in [0.25, 0.3) is 0 Å². The van der Waals surface area contributed by atoms with Gasteiger partial charge in [-0.3, -0.25) is 5.41 Å². The van der Waals surface area contributed by atoms with Gasteiger partial charge >= 0.3 is 6.03 Å². The summed E-state index contributed by atoms with van der Waals surface area (Å²) in [6, 6.07) is 0.154. The normalized spacial score (nSPS) is 32.4. The second-order valence-electron chi connectivity index (χ2n) is 5.90.